The van der Waals surface area contributed by atoms with Gasteiger partial charge in [-0.25, -0.2) is 14.5 Å². The maximum absolute atomic E-state index is 12.9. The van der Waals surface area contributed by atoms with Crippen molar-refractivity contribution >= 4 is 27.6 Å². The Morgan fingerprint density at radius 3 is 2.20 bits per heavy atom. The van der Waals surface area contributed by atoms with Crippen molar-refractivity contribution in [3.8, 4) is 0 Å². The molecule has 2 aromatic carbocycles. The zero-order chi connectivity index (χ0) is 21.3. The lowest BCUT2D eigenvalue weighted by atomic mass is 10.0. The van der Waals surface area contributed by atoms with Gasteiger partial charge in [0.25, 0.3) is 0 Å². The number of aromatic nitrogens is 3. The second-order valence-corrected chi connectivity index (χ2v) is 7.58. The molecule has 6 nitrogen and oxygen atoms in total. The Morgan fingerprint density at radius 1 is 1.10 bits per heavy atom. The normalized spacial score (nSPS) is 11.7. The van der Waals surface area contributed by atoms with E-state index in [0.29, 0.717) is 17.2 Å². The van der Waals surface area contributed by atoms with Crippen LogP contribution in [0.1, 0.15) is 36.7 Å². The number of esters is 1. The maximum atomic E-state index is 12.9. The predicted octanol–water partition coefficient (Wildman–Crippen LogP) is 4.37. The monoisotopic (exact) mass is 468 g/mol. The van der Waals surface area contributed by atoms with Gasteiger partial charge in [-0.2, -0.15) is 5.10 Å². The Labute approximate surface area is 185 Å². The number of carbonyl (C=O) groups is 1. The van der Waals surface area contributed by atoms with Crippen molar-refractivity contribution in [2.75, 3.05) is 6.61 Å². The molecule has 30 heavy (non-hydrogen) atoms. The SMILES string of the molecule is CCCCOC(=O)[C@H](Cc1nc(Br)n(C)n1)N=C(c1ccccc1)c1ccccc1. The standard InChI is InChI=1S/C23H25BrN4O2/c1-3-4-15-30-22(29)19(16-20-26-23(24)28(2)27-20)25-21(17-11-7-5-8-12-17)18-13-9-6-10-14-18/h5-14,19H,3-4,15-16H2,1-2H3/t19-/m0/s1. The van der Waals surface area contributed by atoms with E-state index in [1.165, 1.54) is 0 Å². The summed E-state index contributed by atoms with van der Waals surface area (Å²) in [6.45, 7) is 2.44. The predicted molar refractivity (Wildman–Crippen MR) is 121 cm³/mol. The summed E-state index contributed by atoms with van der Waals surface area (Å²) in [5, 5.41) is 4.36. The molecule has 7 heteroatoms. The first-order chi connectivity index (χ1) is 14.6. The third kappa shape index (κ3) is 5.86. The van der Waals surface area contributed by atoms with E-state index in [1.54, 1.807) is 11.7 Å². The van der Waals surface area contributed by atoms with Crippen LogP contribution >= 0.6 is 15.9 Å². The summed E-state index contributed by atoms with van der Waals surface area (Å²) in [5.74, 6) is 0.169. The van der Waals surface area contributed by atoms with Gasteiger partial charge in [-0.05, 0) is 22.4 Å². The van der Waals surface area contributed by atoms with Crippen LogP contribution in [-0.4, -0.2) is 39.1 Å². The average molecular weight is 469 g/mol. The van der Waals surface area contributed by atoms with Gasteiger partial charge in [0.05, 0.1) is 12.3 Å². The Balaban J connectivity index is 1.99. The summed E-state index contributed by atoms with van der Waals surface area (Å²) < 4.78 is 7.73. The summed E-state index contributed by atoms with van der Waals surface area (Å²) in [4.78, 5) is 22.1. The molecule has 0 aliphatic rings. The van der Waals surface area contributed by atoms with Crippen molar-refractivity contribution in [3.05, 3.63) is 82.3 Å². The molecule has 1 aromatic heterocycles. The number of halogens is 1. The highest BCUT2D eigenvalue weighted by Crippen LogP contribution is 2.16. The van der Waals surface area contributed by atoms with Crippen LogP contribution in [0.5, 0.6) is 0 Å². The number of aryl methyl sites for hydroxylation is 1. The largest absolute Gasteiger partial charge is 0.464 e. The van der Waals surface area contributed by atoms with E-state index in [2.05, 4.69) is 32.9 Å². The fourth-order valence-corrected chi connectivity index (χ4v) is 3.22. The van der Waals surface area contributed by atoms with Crippen LogP contribution in [0.25, 0.3) is 0 Å². The molecular formula is C23H25BrN4O2. The number of nitrogens with zero attached hydrogens (tertiary/aromatic N) is 4. The van der Waals surface area contributed by atoms with Crippen LogP contribution in [0.2, 0.25) is 0 Å². The van der Waals surface area contributed by atoms with Gasteiger partial charge in [0.15, 0.2) is 16.6 Å². The molecule has 0 bridgehead atoms. The van der Waals surface area contributed by atoms with E-state index < -0.39 is 6.04 Å². The highest BCUT2D eigenvalue weighted by molar-refractivity contribution is 9.10. The first-order valence-corrected chi connectivity index (χ1v) is 10.8. The van der Waals surface area contributed by atoms with E-state index in [9.17, 15) is 4.79 Å². The van der Waals surface area contributed by atoms with Gasteiger partial charge in [-0.15, -0.1) is 0 Å². The fourth-order valence-electron chi connectivity index (χ4n) is 2.93. The molecule has 0 saturated heterocycles. The molecule has 3 rings (SSSR count). The molecule has 0 N–H and O–H groups in total. The average Bonchev–Trinajstić information content (AvgIpc) is 3.09. The Morgan fingerprint density at radius 2 is 1.70 bits per heavy atom. The van der Waals surface area contributed by atoms with Gasteiger partial charge in [-0.3, -0.25) is 4.99 Å². The molecule has 1 atom stereocenters. The lowest BCUT2D eigenvalue weighted by Gasteiger charge is -2.14. The lowest BCUT2D eigenvalue weighted by molar-refractivity contribution is -0.145. The van der Waals surface area contributed by atoms with Crippen molar-refractivity contribution in [3.63, 3.8) is 0 Å². The molecule has 0 spiro atoms. The minimum absolute atomic E-state index is 0.258. The molecule has 0 unspecified atom stereocenters. The van der Waals surface area contributed by atoms with E-state index in [-0.39, 0.29) is 12.4 Å². The van der Waals surface area contributed by atoms with Crippen molar-refractivity contribution in [2.24, 2.45) is 12.0 Å². The maximum Gasteiger partial charge on any atom is 0.331 e. The van der Waals surface area contributed by atoms with E-state index >= 15 is 0 Å². The molecule has 0 fully saturated rings. The molecule has 0 radical (unpaired) electrons. The number of rotatable bonds is 9. The third-order valence-electron chi connectivity index (χ3n) is 4.52. The molecule has 0 amide bonds. The molecule has 1 heterocycles. The Hall–Kier alpha value is -2.80. The van der Waals surface area contributed by atoms with Crippen molar-refractivity contribution in [1.29, 1.82) is 0 Å². The fraction of sp³-hybridized carbons (Fsp3) is 0.304. The van der Waals surface area contributed by atoms with Gasteiger partial charge >= 0.3 is 5.97 Å². The Bertz CT molecular complexity index is 926. The molecular weight excluding hydrogens is 444 g/mol. The van der Waals surface area contributed by atoms with Gasteiger partial charge in [0, 0.05) is 24.6 Å². The van der Waals surface area contributed by atoms with Crippen LogP contribution in [0.15, 0.2) is 70.4 Å². The van der Waals surface area contributed by atoms with E-state index in [1.807, 2.05) is 60.7 Å². The lowest BCUT2D eigenvalue weighted by Crippen LogP contribution is -2.27. The van der Waals surface area contributed by atoms with Gasteiger partial charge in [0.2, 0.25) is 0 Å². The first-order valence-electron chi connectivity index (χ1n) is 9.99. The van der Waals surface area contributed by atoms with E-state index in [4.69, 9.17) is 9.73 Å². The zero-order valence-corrected chi connectivity index (χ0v) is 18.7. The number of hydrogen-bond acceptors (Lipinski definition) is 5. The van der Waals surface area contributed by atoms with Crippen LogP contribution < -0.4 is 0 Å². The zero-order valence-electron chi connectivity index (χ0n) is 17.2. The highest BCUT2D eigenvalue weighted by atomic mass is 79.9. The van der Waals surface area contributed by atoms with Crippen LogP contribution in [0.3, 0.4) is 0 Å². The van der Waals surface area contributed by atoms with Crippen LogP contribution in [0.4, 0.5) is 0 Å². The number of hydrogen-bond donors (Lipinski definition) is 0. The van der Waals surface area contributed by atoms with Crippen LogP contribution in [-0.2, 0) is 23.0 Å². The summed E-state index contributed by atoms with van der Waals surface area (Å²) >= 11 is 3.36. The number of ether oxygens (including phenoxy) is 1. The quantitative estimate of drug-likeness (QED) is 0.265. The third-order valence-corrected chi connectivity index (χ3v) is 5.21. The van der Waals surface area contributed by atoms with Crippen LogP contribution in [0, 0.1) is 0 Å². The van der Waals surface area contributed by atoms with Gasteiger partial charge in [-0.1, -0.05) is 74.0 Å². The second-order valence-electron chi connectivity index (χ2n) is 6.87. The summed E-state index contributed by atoms with van der Waals surface area (Å²) in [6.07, 6.45) is 2.03. The smallest absolute Gasteiger partial charge is 0.331 e. The molecule has 0 aliphatic heterocycles. The second kappa shape index (κ2) is 10.8. The van der Waals surface area contributed by atoms with Gasteiger partial charge in [0.1, 0.15) is 0 Å². The topological polar surface area (TPSA) is 69.4 Å². The number of benzene rings is 2. The summed E-state index contributed by atoms with van der Waals surface area (Å²) in [7, 11) is 1.79. The summed E-state index contributed by atoms with van der Waals surface area (Å²) in [5.41, 5.74) is 2.61. The highest BCUT2D eigenvalue weighted by Gasteiger charge is 2.24. The van der Waals surface area contributed by atoms with E-state index in [0.717, 1.165) is 29.7 Å². The first kappa shape index (κ1) is 21.9. The number of carbonyl (C=O) groups excluding carboxylic acids is 1. The minimum atomic E-state index is -0.744. The van der Waals surface area contributed by atoms with Gasteiger partial charge < -0.3 is 4.74 Å². The molecule has 3 aromatic rings. The molecule has 156 valence electrons. The Kier molecular flexibility index (Phi) is 7.90. The van der Waals surface area contributed by atoms with Crippen molar-refractivity contribution in [1.82, 2.24) is 14.8 Å². The van der Waals surface area contributed by atoms with Crippen molar-refractivity contribution < 1.29 is 9.53 Å². The van der Waals surface area contributed by atoms with Crippen molar-refractivity contribution in [2.45, 2.75) is 32.2 Å². The summed E-state index contributed by atoms with van der Waals surface area (Å²) in [6, 6.07) is 18.9. The minimum Gasteiger partial charge on any atom is -0.464 e. The molecule has 0 saturated carbocycles. The molecule has 0 aliphatic carbocycles. The number of unbranched alkanes of at least 4 members (excludes halogenated alkanes) is 1. The number of aliphatic imine (C=N–C) groups is 1.